The summed E-state index contributed by atoms with van der Waals surface area (Å²) in [6, 6.07) is 15.0. The first-order valence-corrected chi connectivity index (χ1v) is 7.35. The first-order chi connectivity index (χ1) is 8.74. The number of halogens is 1. The van der Waals surface area contributed by atoms with Gasteiger partial charge in [-0.1, -0.05) is 29.8 Å². The van der Waals surface area contributed by atoms with Crippen molar-refractivity contribution in [2.45, 2.75) is 17.9 Å². The molecular weight excluding hydrogens is 262 g/mol. The molecule has 0 saturated carbocycles. The molecular formula is C15H14ClNS. The van der Waals surface area contributed by atoms with Crippen LogP contribution in [0.15, 0.2) is 47.4 Å². The summed E-state index contributed by atoms with van der Waals surface area (Å²) in [6.07, 6.45) is 0. The van der Waals surface area contributed by atoms with Crippen LogP contribution in [0, 0.1) is 6.92 Å². The van der Waals surface area contributed by atoms with E-state index in [0.717, 1.165) is 10.8 Å². The molecule has 0 radical (unpaired) electrons. The van der Waals surface area contributed by atoms with E-state index in [9.17, 15) is 0 Å². The highest BCUT2D eigenvalue weighted by Crippen LogP contribution is 2.40. The van der Waals surface area contributed by atoms with Gasteiger partial charge in [0.05, 0.1) is 6.04 Å². The van der Waals surface area contributed by atoms with E-state index < -0.39 is 0 Å². The lowest BCUT2D eigenvalue weighted by molar-refractivity contribution is 0.898. The third kappa shape index (κ3) is 2.23. The molecule has 0 amide bonds. The molecule has 1 unspecified atom stereocenters. The Labute approximate surface area is 117 Å². The molecule has 18 heavy (non-hydrogen) atoms. The lowest BCUT2D eigenvalue weighted by Gasteiger charge is -2.16. The van der Waals surface area contributed by atoms with Crippen molar-refractivity contribution in [3.05, 3.63) is 58.6 Å². The zero-order chi connectivity index (χ0) is 12.5. The fourth-order valence-corrected chi connectivity index (χ4v) is 3.65. The van der Waals surface area contributed by atoms with Crippen LogP contribution in [0.4, 0.5) is 5.69 Å². The van der Waals surface area contributed by atoms with Gasteiger partial charge in [-0.2, -0.15) is 0 Å². The number of nitrogens with one attached hydrogen (secondary N) is 1. The molecule has 92 valence electrons. The topological polar surface area (TPSA) is 12.0 Å². The van der Waals surface area contributed by atoms with Crippen molar-refractivity contribution in [3.63, 3.8) is 0 Å². The number of aryl methyl sites for hydroxylation is 1. The average Bonchev–Trinajstić information content (AvgIpc) is 2.76. The molecule has 1 heterocycles. The van der Waals surface area contributed by atoms with Gasteiger partial charge >= 0.3 is 0 Å². The molecule has 0 saturated heterocycles. The lowest BCUT2D eigenvalue weighted by Crippen LogP contribution is -2.10. The summed E-state index contributed by atoms with van der Waals surface area (Å²) < 4.78 is 0. The van der Waals surface area contributed by atoms with Crippen molar-refractivity contribution in [1.82, 2.24) is 0 Å². The Hall–Kier alpha value is -1.12. The summed E-state index contributed by atoms with van der Waals surface area (Å²) in [6.45, 7) is 2.09. The van der Waals surface area contributed by atoms with E-state index in [0.29, 0.717) is 6.04 Å². The Morgan fingerprint density at radius 2 is 2.06 bits per heavy atom. The molecule has 2 aromatic rings. The SMILES string of the molecule is Cc1cc(Cl)ccc1NC1CSc2ccccc21. The number of hydrogen-bond acceptors (Lipinski definition) is 2. The summed E-state index contributed by atoms with van der Waals surface area (Å²) in [4.78, 5) is 1.39. The maximum Gasteiger partial charge on any atom is 0.0618 e. The molecule has 0 aromatic heterocycles. The molecule has 1 aliphatic rings. The zero-order valence-electron chi connectivity index (χ0n) is 10.1. The molecule has 1 atom stereocenters. The second-order valence-corrected chi connectivity index (χ2v) is 6.00. The minimum atomic E-state index is 0.395. The summed E-state index contributed by atoms with van der Waals surface area (Å²) >= 11 is 7.90. The summed E-state index contributed by atoms with van der Waals surface area (Å²) in [7, 11) is 0. The van der Waals surface area contributed by atoms with Gasteiger partial charge in [0, 0.05) is 21.4 Å². The quantitative estimate of drug-likeness (QED) is 0.836. The zero-order valence-corrected chi connectivity index (χ0v) is 11.7. The van der Waals surface area contributed by atoms with E-state index in [1.165, 1.54) is 21.7 Å². The number of fused-ring (bicyclic) bond motifs is 1. The Morgan fingerprint density at radius 3 is 2.89 bits per heavy atom. The number of benzene rings is 2. The number of hydrogen-bond donors (Lipinski definition) is 1. The van der Waals surface area contributed by atoms with Crippen LogP contribution < -0.4 is 5.32 Å². The van der Waals surface area contributed by atoms with Crippen LogP contribution >= 0.6 is 23.4 Å². The Balaban J connectivity index is 1.86. The molecule has 0 aliphatic carbocycles. The molecule has 3 rings (SSSR count). The van der Waals surface area contributed by atoms with Crippen LogP contribution in [0.2, 0.25) is 5.02 Å². The van der Waals surface area contributed by atoms with E-state index in [2.05, 4.69) is 42.6 Å². The van der Waals surface area contributed by atoms with Gasteiger partial charge in [-0.15, -0.1) is 11.8 Å². The van der Waals surface area contributed by atoms with Gasteiger partial charge in [0.1, 0.15) is 0 Å². The Kier molecular flexibility index (Phi) is 3.23. The van der Waals surface area contributed by atoms with Gasteiger partial charge in [-0.05, 0) is 42.3 Å². The van der Waals surface area contributed by atoms with Crippen molar-refractivity contribution in [1.29, 1.82) is 0 Å². The van der Waals surface area contributed by atoms with E-state index in [-0.39, 0.29) is 0 Å². The molecule has 0 bridgehead atoms. The van der Waals surface area contributed by atoms with Gasteiger partial charge < -0.3 is 5.32 Å². The number of rotatable bonds is 2. The van der Waals surface area contributed by atoms with Crippen molar-refractivity contribution in [3.8, 4) is 0 Å². The molecule has 0 spiro atoms. The van der Waals surface area contributed by atoms with Gasteiger partial charge in [0.2, 0.25) is 0 Å². The van der Waals surface area contributed by atoms with Crippen molar-refractivity contribution >= 4 is 29.1 Å². The minimum Gasteiger partial charge on any atom is -0.377 e. The average molecular weight is 276 g/mol. The second-order valence-electron chi connectivity index (χ2n) is 4.50. The summed E-state index contributed by atoms with van der Waals surface area (Å²) in [5.41, 5.74) is 3.76. The van der Waals surface area contributed by atoms with Crippen LogP contribution in [-0.2, 0) is 0 Å². The van der Waals surface area contributed by atoms with Crippen LogP contribution in [0.5, 0.6) is 0 Å². The monoisotopic (exact) mass is 275 g/mol. The standard InChI is InChI=1S/C15H14ClNS/c1-10-8-11(16)6-7-13(10)17-14-9-18-15-5-3-2-4-12(14)15/h2-8,14,17H,9H2,1H3. The fourth-order valence-electron chi connectivity index (χ4n) is 2.26. The minimum absolute atomic E-state index is 0.395. The summed E-state index contributed by atoms with van der Waals surface area (Å²) in [5, 5.41) is 4.40. The van der Waals surface area contributed by atoms with Gasteiger partial charge in [-0.25, -0.2) is 0 Å². The lowest BCUT2D eigenvalue weighted by atomic mass is 10.1. The van der Waals surface area contributed by atoms with Gasteiger partial charge in [-0.3, -0.25) is 0 Å². The van der Waals surface area contributed by atoms with E-state index in [1.807, 2.05) is 23.9 Å². The number of thioether (sulfide) groups is 1. The highest BCUT2D eigenvalue weighted by atomic mass is 35.5. The fraction of sp³-hybridized carbons (Fsp3) is 0.200. The molecule has 1 N–H and O–H groups in total. The highest BCUT2D eigenvalue weighted by molar-refractivity contribution is 7.99. The van der Waals surface area contributed by atoms with Crippen molar-refractivity contribution in [2.75, 3.05) is 11.1 Å². The maximum absolute atomic E-state index is 5.98. The molecule has 1 nitrogen and oxygen atoms in total. The van der Waals surface area contributed by atoms with Crippen LogP contribution in [0.25, 0.3) is 0 Å². The predicted molar refractivity (Wildman–Crippen MR) is 79.7 cm³/mol. The number of anilines is 1. The van der Waals surface area contributed by atoms with Crippen LogP contribution in [-0.4, -0.2) is 5.75 Å². The molecule has 1 aliphatic heterocycles. The van der Waals surface area contributed by atoms with Crippen LogP contribution in [0.1, 0.15) is 17.2 Å². The molecule has 2 aromatic carbocycles. The molecule has 3 heteroatoms. The first-order valence-electron chi connectivity index (χ1n) is 5.98. The largest absolute Gasteiger partial charge is 0.377 e. The predicted octanol–water partition coefficient (Wildman–Crippen LogP) is 4.91. The van der Waals surface area contributed by atoms with Gasteiger partial charge in [0.25, 0.3) is 0 Å². The second kappa shape index (κ2) is 4.87. The van der Waals surface area contributed by atoms with E-state index >= 15 is 0 Å². The van der Waals surface area contributed by atoms with Crippen molar-refractivity contribution in [2.24, 2.45) is 0 Å². The first kappa shape index (κ1) is 11.9. The van der Waals surface area contributed by atoms with Crippen LogP contribution in [0.3, 0.4) is 0 Å². The van der Waals surface area contributed by atoms with E-state index in [1.54, 1.807) is 0 Å². The molecule has 0 fully saturated rings. The maximum atomic E-state index is 5.98. The Bertz CT molecular complexity index is 582. The normalized spacial score (nSPS) is 17.6. The Morgan fingerprint density at radius 1 is 1.22 bits per heavy atom. The van der Waals surface area contributed by atoms with E-state index in [4.69, 9.17) is 11.6 Å². The third-order valence-corrected chi connectivity index (χ3v) is 4.64. The third-order valence-electron chi connectivity index (χ3n) is 3.22. The smallest absolute Gasteiger partial charge is 0.0618 e. The van der Waals surface area contributed by atoms with Gasteiger partial charge in [0.15, 0.2) is 0 Å². The highest BCUT2D eigenvalue weighted by Gasteiger charge is 2.22. The van der Waals surface area contributed by atoms with Crippen molar-refractivity contribution < 1.29 is 0 Å². The summed E-state index contributed by atoms with van der Waals surface area (Å²) in [5.74, 6) is 1.08.